The topological polar surface area (TPSA) is 164 Å². The zero-order valence-corrected chi connectivity index (χ0v) is 5.94. The van der Waals surface area contributed by atoms with E-state index in [1.165, 1.54) is 0 Å². The maximum atomic E-state index is 5.23. The molecule has 0 amide bonds. The van der Waals surface area contributed by atoms with Crippen LogP contribution in [-0.4, -0.2) is 22.3 Å². The highest BCUT2D eigenvalue weighted by Gasteiger charge is 2.10. The Kier molecular flexibility index (Phi) is 5.08. The van der Waals surface area contributed by atoms with Crippen LogP contribution in [0.25, 0.3) is 0 Å². The van der Waals surface area contributed by atoms with Crippen molar-refractivity contribution in [3.05, 3.63) is 0 Å². The minimum absolute atomic E-state index is 0.114. The molecule has 0 aliphatic carbocycles. The van der Waals surface area contributed by atoms with Gasteiger partial charge < -0.3 is 5.73 Å². The second kappa shape index (κ2) is 5.28. The Bertz CT molecular complexity index is 90.9. The van der Waals surface area contributed by atoms with Crippen molar-refractivity contribution in [2.24, 2.45) is 29.1 Å². The van der Waals surface area contributed by atoms with E-state index in [2.05, 4.69) is 5.43 Å². The first-order chi connectivity index (χ1) is 5.13. The van der Waals surface area contributed by atoms with E-state index in [0.29, 0.717) is 0 Å². The SMILES string of the molecule is NCNN(N)N(N)N(N)NN. The van der Waals surface area contributed by atoms with Crippen molar-refractivity contribution in [1.29, 1.82) is 0 Å². The molecule has 0 aliphatic heterocycles. The Morgan fingerprint density at radius 2 is 1.64 bits per heavy atom. The van der Waals surface area contributed by atoms with Gasteiger partial charge in [0, 0.05) is 0 Å². The molecule has 0 saturated carbocycles. The van der Waals surface area contributed by atoms with Crippen molar-refractivity contribution in [2.75, 3.05) is 6.67 Å². The standard InChI is InChI=1S/CH14N10/c2-1-7-9(4)11(6)10(5)8-3/h7-8H,1-6H2. The van der Waals surface area contributed by atoms with Crippen LogP contribution in [0.2, 0.25) is 0 Å². The molecule has 0 unspecified atom stereocenters. The summed E-state index contributed by atoms with van der Waals surface area (Å²) in [5, 5.41) is 2.36. The average molecular weight is 166 g/mol. The van der Waals surface area contributed by atoms with Crippen molar-refractivity contribution >= 4 is 0 Å². The number of hydrogen-bond donors (Lipinski definition) is 7. The lowest BCUT2D eigenvalue weighted by Crippen LogP contribution is -2.71. The fraction of sp³-hybridized carbons (Fsp3) is 1.00. The number of rotatable bonds is 5. The summed E-state index contributed by atoms with van der Waals surface area (Å²) in [7, 11) is 0. The number of nitrogens with zero attached hydrogens (tertiary/aromatic N) is 3. The van der Waals surface area contributed by atoms with E-state index >= 15 is 0 Å². The van der Waals surface area contributed by atoms with Crippen LogP contribution < -0.4 is 40.1 Å². The van der Waals surface area contributed by atoms with Crippen LogP contribution in [0, 0.1) is 0 Å². The fourth-order valence-electron chi connectivity index (χ4n) is 0.329. The Labute approximate surface area is 63.6 Å². The molecule has 0 bridgehead atoms. The minimum Gasteiger partial charge on any atom is -0.317 e. The molecular formula is CH14N10. The average Bonchev–Trinajstić information content (AvgIpc) is 2.02. The zero-order valence-electron chi connectivity index (χ0n) is 5.94. The first kappa shape index (κ1) is 10.6. The molecule has 10 nitrogen and oxygen atoms in total. The fourth-order valence-corrected chi connectivity index (χ4v) is 0.329. The van der Waals surface area contributed by atoms with Crippen LogP contribution in [0.15, 0.2) is 0 Å². The van der Waals surface area contributed by atoms with E-state index in [-0.39, 0.29) is 6.67 Å². The largest absolute Gasteiger partial charge is 0.317 e. The highest BCUT2D eigenvalue weighted by Crippen LogP contribution is 1.74. The van der Waals surface area contributed by atoms with E-state index in [1.807, 2.05) is 5.53 Å². The summed E-state index contributed by atoms with van der Waals surface area (Å²) in [6, 6.07) is 0. The van der Waals surface area contributed by atoms with Crippen LogP contribution in [0.4, 0.5) is 0 Å². The van der Waals surface area contributed by atoms with Crippen LogP contribution in [0.5, 0.6) is 0 Å². The second-order valence-corrected chi connectivity index (χ2v) is 1.50. The maximum Gasteiger partial charge on any atom is 0.0595 e. The summed E-state index contributed by atoms with van der Waals surface area (Å²) in [6.07, 6.45) is 0. The molecule has 0 heterocycles. The van der Waals surface area contributed by atoms with Crippen LogP contribution >= 0.6 is 0 Å². The van der Waals surface area contributed by atoms with Gasteiger partial charge in [0.1, 0.15) is 0 Å². The molecule has 10 heteroatoms. The Balaban J connectivity index is 3.70. The molecule has 0 spiro atoms. The quantitative estimate of drug-likeness (QED) is 0.120. The number of nitrogens with one attached hydrogen (secondary N) is 2. The summed E-state index contributed by atoms with van der Waals surface area (Å²) in [6.45, 7) is 0.114. The molecule has 68 valence electrons. The molecule has 0 rings (SSSR count). The summed E-state index contributed by atoms with van der Waals surface area (Å²) in [5.41, 5.74) is 9.53. The third kappa shape index (κ3) is 3.49. The van der Waals surface area contributed by atoms with Gasteiger partial charge in [0.05, 0.1) is 6.67 Å². The normalized spacial score (nSPS) is 12.0. The van der Waals surface area contributed by atoms with Gasteiger partial charge in [-0.1, -0.05) is 15.7 Å². The van der Waals surface area contributed by atoms with Gasteiger partial charge in [-0.25, -0.2) is 23.0 Å². The van der Waals surface area contributed by atoms with Gasteiger partial charge in [-0.15, -0.1) is 0 Å². The molecule has 0 aromatic heterocycles. The van der Waals surface area contributed by atoms with Gasteiger partial charge in [0.2, 0.25) is 0 Å². The van der Waals surface area contributed by atoms with Gasteiger partial charge in [-0.3, -0.25) is 5.84 Å². The molecule has 0 saturated heterocycles. The lowest BCUT2D eigenvalue weighted by atomic mass is 11.2. The highest BCUT2D eigenvalue weighted by molar-refractivity contribution is 4.24. The molecular weight excluding hydrogens is 152 g/mol. The van der Waals surface area contributed by atoms with E-state index in [4.69, 9.17) is 29.1 Å². The number of nitrogens with two attached hydrogens (primary N) is 5. The molecule has 0 aliphatic rings. The third-order valence-electron chi connectivity index (χ3n) is 0.827. The van der Waals surface area contributed by atoms with Crippen molar-refractivity contribution in [1.82, 2.24) is 26.6 Å². The Morgan fingerprint density at radius 3 is 2.00 bits per heavy atom. The number of hydrazine groups is 8. The van der Waals surface area contributed by atoms with Crippen molar-refractivity contribution in [3.8, 4) is 0 Å². The van der Waals surface area contributed by atoms with Crippen molar-refractivity contribution in [3.63, 3.8) is 0 Å². The van der Waals surface area contributed by atoms with Gasteiger partial charge in [-0.05, 0) is 0 Å². The van der Waals surface area contributed by atoms with Crippen LogP contribution in [0.1, 0.15) is 0 Å². The van der Waals surface area contributed by atoms with Crippen LogP contribution in [0.3, 0.4) is 0 Å². The highest BCUT2D eigenvalue weighted by atomic mass is 16.2. The lowest BCUT2D eigenvalue weighted by Gasteiger charge is -2.31. The minimum atomic E-state index is 0.114. The first-order valence-corrected chi connectivity index (χ1v) is 2.67. The Morgan fingerprint density at radius 1 is 1.09 bits per heavy atom. The molecule has 0 radical (unpaired) electrons. The molecule has 0 fully saturated rings. The van der Waals surface area contributed by atoms with Crippen molar-refractivity contribution in [2.45, 2.75) is 0 Å². The van der Waals surface area contributed by atoms with Crippen molar-refractivity contribution < 1.29 is 0 Å². The third-order valence-corrected chi connectivity index (χ3v) is 0.827. The van der Waals surface area contributed by atoms with Gasteiger partial charge >= 0.3 is 0 Å². The van der Waals surface area contributed by atoms with Crippen LogP contribution in [-0.2, 0) is 0 Å². The van der Waals surface area contributed by atoms with Gasteiger partial charge in [0.25, 0.3) is 0 Å². The molecule has 11 heavy (non-hydrogen) atoms. The smallest absolute Gasteiger partial charge is 0.0595 e. The van der Waals surface area contributed by atoms with E-state index in [1.54, 1.807) is 0 Å². The summed E-state index contributed by atoms with van der Waals surface area (Å²) >= 11 is 0. The number of hydrogen-bond acceptors (Lipinski definition) is 10. The lowest BCUT2D eigenvalue weighted by molar-refractivity contribution is -0.242. The van der Waals surface area contributed by atoms with Gasteiger partial charge in [-0.2, -0.15) is 5.53 Å². The molecule has 0 aromatic rings. The summed E-state index contributed by atoms with van der Waals surface area (Å²) in [4.78, 5) is 0. The maximum absolute atomic E-state index is 5.23. The molecule has 0 atom stereocenters. The molecule has 0 aromatic carbocycles. The molecule has 12 N–H and O–H groups in total. The summed E-state index contributed by atoms with van der Waals surface area (Å²) < 4.78 is 0. The van der Waals surface area contributed by atoms with Gasteiger partial charge in [0.15, 0.2) is 0 Å². The first-order valence-electron chi connectivity index (χ1n) is 2.67. The predicted octanol–water partition coefficient (Wildman–Crippen LogP) is -4.86. The summed E-state index contributed by atoms with van der Waals surface area (Å²) in [5.74, 6) is 20.5. The Hall–Kier alpha value is -0.400. The van der Waals surface area contributed by atoms with E-state index in [9.17, 15) is 0 Å². The van der Waals surface area contributed by atoms with E-state index in [0.717, 1.165) is 15.7 Å². The monoisotopic (exact) mass is 166 g/mol. The predicted molar refractivity (Wildman–Crippen MR) is 37.6 cm³/mol. The zero-order chi connectivity index (χ0) is 8.85. The van der Waals surface area contributed by atoms with E-state index < -0.39 is 0 Å². The second-order valence-electron chi connectivity index (χ2n) is 1.50.